The predicted octanol–water partition coefficient (Wildman–Crippen LogP) is 0.883. The van der Waals surface area contributed by atoms with Crippen molar-refractivity contribution in [2.75, 3.05) is 6.61 Å². The summed E-state index contributed by atoms with van der Waals surface area (Å²) in [6.45, 7) is 14.4. The van der Waals surface area contributed by atoms with Gasteiger partial charge in [0.1, 0.15) is 30.0 Å². The van der Waals surface area contributed by atoms with Gasteiger partial charge in [-0.05, 0) is 95.1 Å². The summed E-state index contributed by atoms with van der Waals surface area (Å²) >= 11 is 0. The van der Waals surface area contributed by atoms with Gasteiger partial charge in [-0.15, -0.1) is 0 Å². The van der Waals surface area contributed by atoms with Crippen molar-refractivity contribution in [3.63, 3.8) is 0 Å². The van der Waals surface area contributed by atoms with Gasteiger partial charge in [-0.25, -0.2) is 0 Å². The van der Waals surface area contributed by atoms with Crippen molar-refractivity contribution >= 4 is 5.97 Å². The summed E-state index contributed by atoms with van der Waals surface area (Å²) in [6.07, 6.45) is 9.10. The minimum absolute atomic E-state index is 0. The Morgan fingerprint density at radius 2 is 1.76 bits per heavy atom. The van der Waals surface area contributed by atoms with Crippen LogP contribution in [0, 0.1) is 17.8 Å². The number of rotatable bonds is 10. The SMILES string of the molecule is C=C1C(O)C2OC3(CCC(/C=C/C(C)C4CC(C)=CC5(OC(CC(C)(O)C(=O)[O-])CCC5O)O4)O3)CCC2OC1C(O)CC(C)C1OC2(CCCCO2)CCC1C.[Na+]. The molecule has 0 amide bonds. The van der Waals surface area contributed by atoms with Crippen molar-refractivity contribution in [3.8, 4) is 0 Å². The fourth-order valence-electron chi connectivity index (χ4n) is 10.5. The van der Waals surface area contributed by atoms with Gasteiger partial charge >= 0.3 is 29.6 Å². The van der Waals surface area contributed by atoms with Crippen molar-refractivity contribution in [2.24, 2.45) is 17.8 Å². The third-order valence-corrected chi connectivity index (χ3v) is 14.0. The van der Waals surface area contributed by atoms with Gasteiger partial charge in [-0.1, -0.05) is 45.1 Å². The summed E-state index contributed by atoms with van der Waals surface area (Å²) < 4.78 is 45.2. The van der Waals surface area contributed by atoms with Crippen LogP contribution in [0.1, 0.15) is 125 Å². The predicted molar refractivity (Wildman–Crippen MR) is 205 cm³/mol. The molecule has 17 unspecified atom stereocenters. The van der Waals surface area contributed by atoms with Crippen molar-refractivity contribution in [1.29, 1.82) is 0 Å². The van der Waals surface area contributed by atoms with Crippen LogP contribution in [-0.2, 0) is 38.0 Å². The summed E-state index contributed by atoms with van der Waals surface area (Å²) in [7, 11) is 0. The first-order valence-electron chi connectivity index (χ1n) is 21.6. The van der Waals surface area contributed by atoms with Crippen molar-refractivity contribution in [3.05, 3.63) is 36.0 Å². The molecule has 4 N–H and O–H groups in total. The van der Waals surface area contributed by atoms with E-state index in [2.05, 4.69) is 20.4 Å². The van der Waals surface area contributed by atoms with E-state index < -0.39 is 71.7 Å². The molecule has 6 fully saturated rings. The third kappa shape index (κ3) is 9.89. The molecule has 0 aromatic heterocycles. The molecule has 13 nitrogen and oxygen atoms in total. The normalized spacial score (nSPS) is 44.6. The Morgan fingerprint density at radius 1 is 1.02 bits per heavy atom. The zero-order valence-electron chi connectivity index (χ0n) is 35.5. The molecule has 0 bridgehead atoms. The molecule has 0 radical (unpaired) electrons. The van der Waals surface area contributed by atoms with Crippen LogP contribution >= 0.6 is 0 Å². The van der Waals surface area contributed by atoms with Gasteiger partial charge in [-0.3, -0.25) is 0 Å². The maximum absolute atomic E-state index is 11.5. The van der Waals surface area contributed by atoms with Gasteiger partial charge in [0.2, 0.25) is 5.79 Å². The molecule has 0 aromatic carbocycles. The van der Waals surface area contributed by atoms with E-state index in [1.165, 1.54) is 6.92 Å². The maximum atomic E-state index is 11.5. The first-order valence-corrected chi connectivity index (χ1v) is 21.6. The molecule has 14 heteroatoms. The Balaban J connectivity index is 0.00000567. The van der Waals surface area contributed by atoms with Crippen molar-refractivity contribution in [2.45, 2.75) is 209 Å². The molecule has 0 aliphatic carbocycles. The number of carbonyl (C=O) groups is 1. The third-order valence-electron chi connectivity index (χ3n) is 14.0. The minimum Gasteiger partial charge on any atom is -0.547 e. The quantitative estimate of drug-likeness (QED) is 0.180. The van der Waals surface area contributed by atoms with E-state index in [1.807, 2.05) is 26.0 Å². The second-order valence-electron chi connectivity index (χ2n) is 18.9. The number of hydrogen-bond acceptors (Lipinski definition) is 13. The van der Waals surface area contributed by atoms with E-state index in [0.717, 1.165) is 50.7 Å². The first kappa shape index (κ1) is 46.7. The number of carboxylic acid groups (broad SMARTS) is 1. The smallest absolute Gasteiger partial charge is 0.547 e. The Kier molecular flexibility index (Phi) is 14.9. The van der Waals surface area contributed by atoms with Crippen LogP contribution in [0.5, 0.6) is 0 Å². The molecule has 0 saturated carbocycles. The molecule has 7 heterocycles. The van der Waals surface area contributed by atoms with Crippen LogP contribution in [0.2, 0.25) is 0 Å². The summed E-state index contributed by atoms with van der Waals surface area (Å²) in [4.78, 5) is 11.5. The molecule has 3 spiro atoms. The number of fused-ring (bicyclic) bond motifs is 1. The van der Waals surface area contributed by atoms with Gasteiger partial charge in [-0.2, -0.15) is 0 Å². The second kappa shape index (κ2) is 18.5. The molecule has 6 saturated heterocycles. The largest absolute Gasteiger partial charge is 1.00 e. The Labute approximate surface area is 366 Å². The number of aliphatic hydroxyl groups excluding tert-OH is 3. The second-order valence-corrected chi connectivity index (χ2v) is 18.9. The number of aliphatic carboxylic acids is 1. The van der Waals surface area contributed by atoms with E-state index in [-0.39, 0.29) is 66.1 Å². The van der Waals surface area contributed by atoms with Crippen LogP contribution in [0.4, 0.5) is 0 Å². The fourth-order valence-corrected chi connectivity index (χ4v) is 10.5. The number of carbonyl (C=O) groups excluding carboxylic acids is 1. The Hall–Kier alpha value is -0.750. The summed E-state index contributed by atoms with van der Waals surface area (Å²) in [5, 5.41) is 56.0. The molecule has 322 valence electrons. The number of hydrogen-bond donors (Lipinski definition) is 4. The van der Waals surface area contributed by atoms with Gasteiger partial charge < -0.3 is 63.5 Å². The standard InChI is InChI=1S/C44H68O13.Na/c1-25-21-34(55-44(23-25)35(46)12-11-31(54-44)24-41(6,50)40(48)49)26(2)9-10-30-14-18-43(53-30)19-15-33-39(57-43)36(47)29(5)38(52-33)32(45)22-28(4)37-27(3)13-17-42(56-37)16-7-8-20-51-42;/h9-10,23,26-28,30-39,45-47,50H,5,7-8,11-22,24H2,1-4,6H3,(H,48,49);/q;+1/p-1/b10-9+;. The van der Waals surface area contributed by atoms with E-state index in [4.69, 9.17) is 33.2 Å². The van der Waals surface area contributed by atoms with E-state index in [0.29, 0.717) is 56.4 Å². The first-order chi connectivity index (χ1) is 26.9. The topological polar surface area (TPSA) is 186 Å². The van der Waals surface area contributed by atoms with Crippen LogP contribution in [0.15, 0.2) is 36.0 Å². The van der Waals surface area contributed by atoms with Crippen LogP contribution < -0.4 is 34.7 Å². The van der Waals surface area contributed by atoms with E-state index >= 15 is 0 Å². The molecular weight excluding hydrogens is 759 g/mol. The monoisotopic (exact) mass is 826 g/mol. The Morgan fingerprint density at radius 3 is 2.48 bits per heavy atom. The van der Waals surface area contributed by atoms with Gasteiger partial charge in [0.25, 0.3) is 0 Å². The number of aliphatic hydroxyl groups is 4. The molecule has 7 rings (SSSR count). The van der Waals surface area contributed by atoms with E-state index in [1.54, 1.807) is 6.08 Å². The summed E-state index contributed by atoms with van der Waals surface area (Å²) in [6, 6.07) is 0. The summed E-state index contributed by atoms with van der Waals surface area (Å²) in [5.41, 5.74) is -0.677. The van der Waals surface area contributed by atoms with Crippen LogP contribution in [-0.4, -0.2) is 117 Å². The summed E-state index contributed by atoms with van der Waals surface area (Å²) in [5.74, 6) is -4.11. The minimum atomic E-state index is -2.07. The molecule has 7 aliphatic heterocycles. The molecule has 7 aliphatic rings. The average Bonchev–Trinajstić information content (AvgIpc) is 3.56. The fraction of sp³-hybridized carbons (Fsp3) is 0.841. The molecular formula is C44H67NaO13. The zero-order chi connectivity index (χ0) is 40.9. The zero-order valence-corrected chi connectivity index (χ0v) is 37.5. The van der Waals surface area contributed by atoms with Crippen LogP contribution in [0.3, 0.4) is 0 Å². The number of ether oxygens (including phenoxy) is 7. The van der Waals surface area contributed by atoms with Crippen molar-refractivity contribution < 1.29 is 93.0 Å². The van der Waals surface area contributed by atoms with E-state index in [9.17, 15) is 30.3 Å². The van der Waals surface area contributed by atoms with Gasteiger partial charge in [0.15, 0.2) is 11.6 Å². The van der Waals surface area contributed by atoms with Crippen LogP contribution in [0.25, 0.3) is 0 Å². The maximum Gasteiger partial charge on any atom is 1.00 e. The Bertz CT molecular complexity index is 1510. The number of carboxylic acids is 1. The molecule has 58 heavy (non-hydrogen) atoms. The molecule has 17 atom stereocenters. The van der Waals surface area contributed by atoms with Crippen molar-refractivity contribution in [1.82, 2.24) is 0 Å². The van der Waals surface area contributed by atoms with Gasteiger partial charge in [0.05, 0.1) is 49.2 Å². The van der Waals surface area contributed by atoms with Gasteiger partial charge in [0, 0.05) is 38.0 Å². The average molecular weight is 827 g/mol. The molecule has 0 aromatic rings.